The summed E-state index contributed by atoms with van der Waals surface area (Å²) >= 11 is 5.48. The van der Waals surface area contributed by atoms with Crippen LogP contribution in [-0.2, 0) is 8.85 Å². The molecule has 9 heavy (non-hydrogen) atoms. The Hall–Kier alpha value is 0.167. The van der Waals surface area contributed by atoms with Gasteiger partial charge in [-0.1, -0.05) is 6.58 Å². The van der Waals surface area contributed by atoms with Gasteiger partial charge < -0.3 is 8.85 Å². The topological polar surface area (TPSA) is 18.5 Å². The van der Waals surface area contributed by atoms with Gasteiger partial charge in [-0.3, -0.25) is 0 Å². The molecular weight excluding hydrogens is 156 g/mol. The van der Waals surface area contributed by atoms with Gasteiger partial charge in [-0.2, -0.15) is 0 Å². The van der Waals surface area contributed by atoms with Crippen LogP contribution in [0.5, 0.6) is 0 Å². The van der Waals surface area contributed by atoms with Crippen LogP contribution >= 0.6 is 11.6 Å². The summed E-state index contributed by atoms with van der Waals surface area (Å²) in [5.41, 5.74) is 0. The zero-order valence-electron chi connectivity index (χ0n) is 5.69. The van der Waals surface area contributed by atoms with E-state index in [9.17, 15) is 0 Å². The minimum absolute atomic E-state index is 0.429. The lowest BCUT2D eigenvalue weighted by atomic mass is 10.7. The maximum absolute atomic E-state index is 5.48. The summed E-state index contributed by atoms with van der Waals surface area (Å²) in [5, 5.41) is 0.877. The van der Waals surface area contributed by atoms with Crippen LogP contribution in [0.15, 0.2) is 11.8 Å². The lowest BCUT2D eigenvalue weighted by molar-refractivity contribution is 0.287. The van der Waals surface area contributed by atoms with Gasteiger partial charge in [0.1, 0.15) is 0 Å². The molecule has 0 heterocycles. The van der Waals surface area contributed by atoms with Gasteiger partial charge in [-0.15, -0.1) is 11.6 Å². The van der Waals surface area contributed by atoms with Crippen molar-refractivity contribution in [3.63, 3.8) is 0 Å². The standard InChI is InChI=1S/C5H11ClO2Si/c1-5(4-6)9(7-2)8-3/h9H,1,4H2,2-3H3. The molecule has 0 amide bonds. The molecule has 0 radical (unpaired) electrons. The van der Waals surface area contributed by atoms with Crippen molar-refractivity contribution in [2.24, 2.45) is 0 Å². The minimum Gasteiger partial charge on any atom is -0.397 e. The van der Waals surface area contributed by atoms with E-state index in [4.69, 9.17) is 20.5 Å². The third kappa shape index (κ3) is 3.00. The fourth-order valence-corrected chi connectivity index (χ4v) is 1.86. The molecule has 0 aliphatic rings. The normalized spacial score (nSPS) is 10.2. The molecular formula is C5H11ClO2Si. The molecule has 0 unspecified atom stereocenters. The van der Waals surface area contributed by atoms with Crippen molar-refractivity contribution < 1.29 is 8.85 Å². The molecule has 0 N–H and O–H groups in total. The SMILES string of the molecule is C=C(CCl)[SiH](OC)OC. The molecule has 0 aliphatic heterocycles. The Balaban J connectivity index is 3.64. The zero-order chi connectivity index (χ0) is 7.28. The first kappa shape index (κ1) is 9.17. The van der Waals surface area contributed by atoms with E-state index >= 15 is 0 Å². The first-order chi connectivity index (χ1) is 4.26. The van der Waals surface area contributed by atoms with Crippen molar-refractivity contribution in [1.29, 1.82) is 0 Å². The van der Waals surface area contributed by atoms with Crippen LogP contribution in [0.4, 0.5) is 0 Å². The summed E-state index contributed by atoms with van der Waals surface area (Å²) in [6.07, 6.45) is 0. The highest BCUT2D eigenvalue weighted by Crippen LogP contribution is 2.00. The second-order valence-electron chi connectivity index (χ2n) is 1.60. The molecule has 0 saturated carbocycles. The van der Waals surface area contributed by atoms with E-state index in [1.807, 2.05) is 0 Å². The molecule has 0 saturated heterocycles. The Kier molecular flexibility index (Phi) is 5.08. The van der Waals surface area contributed by atoms with Gasteiger partial charge in [0.15, 0.2) is 0 Å². The van der Waals surface area contributed by atoms with E-state index in [0.29, 0.717) is 5.88 Å². The van der Waals surface area contributed by atoms with Crippen molar-refractivity contribution in [2.75, 3.05) is 20.1 Å². The van der Waals surface area contributed by atoms with E-state index < -0.39 is 9.28 Å². The molecule has 54 valence electrons. The highest BCUT2D eigenvalue weighted by molar-refractivity contribution is 6.55. The molecule has 0 aromatic carbocycles. The van der Waals surface area contributed by atoms with Crippen LogP contribution in [0.3, 0.4) is 0 Å². The molecule has 0 aromatic rings. The van der Waals surface area contributed by atoms with Crippen molar-refractivity contribution in [3.05, 3.63) is 11.8 Å². The molecule has 0 aromatic heterocycles. The van der Waals surface area contributed by atoms with Gasteiger partial charge in [0.2, 0.25) is 0 Å². The smallest absolute Gasteiger partial charge is 0.351 e. The van der Waals surface area contributed by atoms with Crippen LogP contribution in [0.25, 0.3) is 0 Å². The molecule has 4 heteroatoms. The van der Waals surface area contributed by atoms with E-state index in [1.165, 1.54) is 0 Å². The quantitative estimate of drug-likeness (QED) is 0.455. The molecule has 0 spiro atoms. The van der Waals surface area contributed by atoms with Crippen LogP contribution in [-0.4, -0.2) is 29.4 Å². The van der Waals surface area contributed by atoms with Crippen LogP contribution < -0.4 is 0 Å². The highest BCUT2D eigenvalue weighted by Gasteiger charge is 2.12. The Morgan fingerprint density at radius 3 is 2.11 bits per heavy atom. The average Bonchev–Trinajstić information content (AvgIpc) is 1.90. The van der Waals surface area contributed by atoms with Gasteiger partial charge in [0.05, 0.1) is 0 Å². The first-order valence-corrected chi connectivity index (χ1v) is 4.61. The third-order valence-electron chi connectivity index (χ3n) is 0.933. The molecule has 0 fully saturated rings. The maximum Gasteiger partial charge on any atom is 0.351 e. The van der Waals surface area contributed by atoms with Crippen molar-refractivity contribution >= 4 is 20.9 Å². The van der Waals surface area contributed by atoms with Gasteiger partial charge in [-0.05, 0) is 5.20 Å². The Labute approximate surface area is 62.3 Å². The minimum atomic E-state index is -1.61. The number of rotatable bonds is 4. The Morgan fingerprint density at radius 1 is 1.56 bits per heavy atom. The predicted octanol–water partition coefficient (Wildman–Crippen LogP) is 0.834. The van der Waals surface area contributed by atoms with Gasteiger partial charge in [0, 0.05) is 20.1 Å². The lowest BCUT2D eigenvalue weighted by Gasteiger charge is -2.10. The highest BCUT2D eigenvalue weighted by atomic mass is 35.5. The number of halogens is 1. The third-order valence-corrected chi connectivity index (χ3v) is 3.26. The van der Waals surface area contributed by atoms with Gasteiger partial charge in [0.25, 0.3) is 0 Å². The van der Waals surface area contributed by atoms with Crippen LogP contribution in [0, 0.1) is 0 Å². The number of alkyl halides is 1. The van der Waals surface area contributed by atoms with E-state index in [1.54, 1.807) is 14.2 Å². The fourth-order valence-electron chi connectivity index (χ4n) is 0.493. The van der Waals surface area contributed by atoms with Crippen molar-refractivity contribution in [2.45, 2.75) is 0 Å². The maximum atomic E-state index is 5.48. The first-order valence-electron chi connectivity index (χ1n) is 2.55. The predicted molar refractivity (Wildman–Crippen MR) is 41.0 cm³/mol. The largest absolute Gasteiger partial charge is 0.397 e. The second-order valence-corrected chi connectivity index (χ2v) is 4.29. The summed E-state index contributed by atoms with van der Waals surface area (Å²) in [4.78, 5) is 0. The summed E-state index contributed by atoms with van der Waals surface area (Å²) in [6, 6.07) is 0. The molecule has 0 aliphatic carbocycles. The number of allylic oxidation sites excluding steroid dienone is 1. The van der Waals surface area contributed by atoms with Crippen LogP contribution in [0.1, 0.15) is 0 Å². The summed E-state index contributed by atoms with van der Waals surface area (Å²) in [7, 11) is 1.61. The monoisotopic (exact) mass is 166 g/mol. The average molecular weight is 167 g/mol. The van der Waals surface area contributed by atoms with Crippen molar-refractivity contribution in [3.8, 4) is 0 Å². The molecule has 2 nitrogen and oxygen atoms in total. The van der Waals surface area contributed by atoms with E-state index in [0.717, 1.165) is 5.20 Å². The van der Waals surface area contributed by atoms with E-state index in [2.05, 4.69) is 6.58 Å². The Bertz CT molecular complexity index is 93.0. The number of hydrogen-bond acceptors (Lipinski definition) is 2. The van der Waals surface area contributed by atoms with Crippen molar-refractivity contribution in [1.82, 2.24) is 0 Å². The number of hydrogen-bond donors (Lipinski definition) is 0. The molecule has 0 bridgehead atoms. The Morgan fingerprint density at radius 2 is 2.00 bits per heavy atom. The van der Waals surface area contributed by atoms with Gasteiger partial charge in [-0.25, -0.2) is 0 Å². The fraction of sp³-hybridized carbons (Fsp3) is 0.600. The molecule has 0 atom stereocenters. The summed E-state index contributed by atoms with van der Waals surface area (Å²) < 4.78 is 9.97. The van der Waals surface area contributed by atoms with E-state index in [-0.39, 0.29) is 0 Å². The summed E-state index contributed by atoms with van der Waals surface area (Å²) in [6.45, 7) is 3.69. The molecule has 0 rings (SSSR count). The zero-order valence-corrected chi connectivity index (χ0v) is 7.60. The summed E-state index contributed by atoms with van der Waals surface area (Å²) in [5.74, 6) is 0.429. The van der Waals surface area contributed by atoms with Gasteiger partial charge >= 0.3 is 9.28 Å². The van der Waals surface area contributed by atoms with Crippen LogP contribution in [0.2, 0.25) is 0 Å². The lowest BCUT2D eigenvalue weighted by Crippen LogP contribution is -2.22. The second kappa shape index (κ2) is 4.99.